The van der Waals surface area contributed by atoms with E-state index in [0.29, 0.717) is 12.2 Å². The molecule has 6 heteroatoms. The van der Waals surface area contributed by atoms with E-state index in [1.165, 1.54) is 4.90 Å². The van der Waals surface area contributed by atoms with Gasteiger partial charge in [0.15, 0.2) is 0 Å². The van der Waals surface area contributed by atoms with Crippen LogP contribution in [0.3, 0.4) is 0 Å². The van der Waals surface area contributed by atoms with E-state index >= 15 is 0 Å². The van der Waals surface area contributed by atoms with E-state index in [0.717, 1.165) is 10.0 Å². The van der Waals surface area contributed by atoms with Crippen molar-refractivity contribution in [1.29, 1.82) is 0 Å². The van der Waals surface area contributed by atoms with Crippen molar-refractivity contribution in [3.05, 3.63) is 28.2 Å². The van der Waals surface area contributed by atoms with Crippen LogP contribution in [0.2, 0.25) is 0 Å². The predicted octanol–water partition coefficient (Wildman–Crippen LogP) is 0.932. The maximum absolute atomic E-state index is 12.0. The SMILES string of the molecule is CCNC(=O)CN1C(=O)C(N)c2ccc(Br)cc21. The zero-order valence-corrected chi connectivity index (χ0v) is 11.5. The molecule has 1 aromatic rings. The molecule has 5 nitrogen and oxygen atoms in total. The van der Waals surface area contributed by atoms with Crippen LogP contribution in [0.1, 0.15) is 18.5 Å². The number of likely N-dealkylation sites (N-methyl/N-ethyl adjacent to an activating group) is 1. The van der Waals surface area contributed by atoms with Crippen molar-refractivity contribution in [3.8, 4) is 0 Å². The van der Waals surface area contributed by atoms with E-state index in [-0.39, 0.29) is 18.4 Å². The third-order valence-corrected chi connectivity index (χ3v) is 3.32. The molecule has 96 valence electrons. The van der Waals surface area contributed by atoms with Crippen molar-refractivity contribution in [3.63, 3.8) is 0 Å². The highest BCUT2D eigenvalue weighted by atomic mass is 79.9. The minimum atomic E-state index is -0.678. The van der Waals surface area contributed by atoms with Gasteiger partial charge in [-0.1, -0.05) is 22.0 Å². The quantitative estimate of drug-likeness (QED) is 0.872. The molecule has 3 N–H and O–H groups in total. The summed E-state index contributed by atoms with van der Waals surface area (Å²) in [6.45, 7) is 2.38. The van der Waals surface area contributed by atoms with Gasteiger partial charge >= 0.3 is 0 Å². The Balaban J connectivity index is 2.30. The first kappa shape index (κ1) is 13.0. The van der Waals surface area contributed by atoms with Crippen LogP contribution in [0.15, 0.2) is 22.7 Å². The van der Waals surface area contributed by atoms with Gasteiger partial charge in [-0.15, -0.1) is 0 Å². The van der Waals surface area contributed by atoms with E-state index in [1.54, 1.807) is 12.1 Å². The highest BCUT2D eigenvalue weighted by Crippen LogP contribution is 2.36. The summed E-state index contributed by atoms with van der Waals surface area (Å²) in [6.07, 6.45) is 0. The van der Waals surface area contributed by atoms with Crippen LogP contribution in [0.5, 0.6) is 0 Å². The molecule has 1 aromatic carbocycles. The first-order valence-corrected chi connectivity index (χ1v) is 6.47. The number of carbonyl (C=O) groups is 2. The maximum Gasteiger partial charge on any atom is 0.249 e. The molecule has 18 heavy (non-hydrogen) atoms. The molecule has 1 aliphatic heterocycles. The van der Waals surface area contributed by atoms with Gasteiger partial charge in [0.05, 0.1) is 5.69 Å². The van der Waals surface area contributed by atoms with Gasteiger partial charge in [0.25, 0.3) is 0 Å². The number of benzene rings is 1. The average molecular weight is 312 g/mol. The molecule has 0 radical (unpaired) electrons. The molecule has 1 heterocycles. The number of nitrogens with one attached hydrogen (secondary N) is 1. The predicted molar refractivity (Wildman–Crippen MR) is 72.1 cm³/mol. The van der Waals surface area contributed by atoms with Crippen molar-refractivity contribution in [2.75, 3.05) is 18.0 Å². The van der Waals surface area contributed by atoms with Gasteiger partial charge in [0, 0.05) is 16.6 Å². The second kappa shape index (κ2) is 5.07. The minimum Gasteiger partial charge on any atom is -0.355 e. The maximum atomic E-state index is 12.0. The number of hydrogen-bond donors (Lipinski definition) is 2. The van der Waals surface area contributed by atoms with Gasteiger partial charge in [-0.25, -0.2) is 0 Å². The molecular formula is C12H14BrN3O2. The summed E-state index contributed by atoms with van der Waals surface area (Å²) in [7, 11) is 0. The Kier molecular flexibility index (Phi) is 3.68. The number of halogens is 1. The van der Waals surface area contributed by atoms with E-state index in [9.17, 15) is 9.59 Å². The average Bonchev–Trinajstić information content (AvgIpc) is 2.55. The van der Waals surface area contributed by atoms with Crippen LogP contribution < -0.4 is 16.0 Å². The van der Waals surface area contributed by atoms with Crippen LogP contribution >= 0.6 is 15.9 Å². The zero-order chi connectivity index (χ0) is 13.3. The summed E-state index contributed by atoms with van der Waals surface area (Å²) in [5, 5.41) is 2.67. The Bertz CT molecular complexity index is 504. The number of carbonyl (C=O) groups excluding carboxylic acids is 2. The molecule has 1 aliphatic rings. The van der Waals surface area contributed by atoms with Crippen LogP contribution in [0.4, 0.5) is 5.69 Å². The Morgan fingerprint density at radius 1 is 1.56 bits per heavy atom. The van der Waals surface area contributed by atoms with Crippen LogP contribution in [-0.4, -0.2) is 24.9 Å². The van der Waals surface area contributed by atoms with Crippen molar-refractivity contribution in [1.82, 2.24) is 5.32 Å². The summed E-state index contributed by atoms with van der Waals surface area (Å²) in [5.41, 5.74) is 7.30. The smallest absolute Gasteiger partial charge is 0.249 e. The molecule has 0 fully saturated rings. The molecule has 0 aromatic heterocycles. The summed E-state index contributed by atoms with van der Waals surface area (Å²) in [5.74, 6) is -0.430. The minimum absolute atomic E-state index is 0.00380. The van der Waals surface area contributed by atoms with Crippen LogP contribution in [-0.2, 0) is 9.59 Å². The summed E-state index contributed by atoms with van der Waals surface area (Å²) >= 11 is 3.35. The first-order valence-electron chi connectivity index (χ1n) is 5.67. The standard InChI is InChI=1S/C12H14BrN3O2/c1-2-15-10(17)6-16-9-5-7(13)3-4-8(9)11(14)12(16)18/h3-5,11H,2,6,14H2,1H3,(H,15,17). The highest BCUT2D eigenvalue weighted by Gasteiger charge is 2.35. The number of anilines is 1. The fourth-order valence-corrected chi connectivity index (χ4v) is 2.34. The van der Waals surface area contributed by atoms with E-state index < -0.39 is 6.04 Å². The van der Waals surface area contributed by atoms with E-state index in [1.807, 2.05) is 13.0 Å². The van der Waals surface area contributed by atoms with Crippen molar-refractivity contribution in [2.24, 2.45) is 5.73 Å². The number of nitrogens with zero attached hydrogens (tertiary/aromatic N) is 1. The van der Waals surface area contributed by atoms with Crippen molar-refractivity contribution >= 4 is 33.4 Å². The van der Waals surface area contributed by atoms with Gasteiger partial charge in [0.1, 0.15) is 12.6 Å². The van der Waals surface area contributed by atoms with Gasteiger partial charge < -0.3 is 16.0 Å². The van der Waals surface area contributed by atoms with Gasteiger partial charge in [-0.05, 0) is 19.1 Å². The second-order valence-electron chi connectivity index (χ2n) is 4.06. The molecule has 1 atom stereocenters. The summed E-state index contributed by atoms with van der Waals surface area (Å²) in [6, 6.07) is 4.77. The molecule has 0 bridgehead atoms. The van der Waals surface area contributed by atoms with Crippen LogP contribution in [0, 0.1) is 0 Å². The van der Waals surface area contributed by atoms with Gasteiger partial charge in [-0.3, -0.25) is 9.59 Å². The number of nitrogens with two attached hydrogens (primary N) is 1. The Morgan fingerprint density at radius 2 is 2.28 bits per heavy atom. The topological polar surface area (TPSA) is 75.4 Å². The fraction of sp³-hybridized carbons (Fsp3) is 0.333. The molecule has 2 amide bonds. The van der Waals surface area contributed by atoms with Crippen molar-refractivity contribution in [2.45, 2.75) is 13.0 Å². The molecule has 0 saturated heterocycles. The molecular weight excluding hydrogens is 298 g/mol. The molecule has 1 unspecified atom stereocenters. The lowest BCUT2D eigenvalue weighted by molar-refractivity contribution is -0.124. The first-order chi connectivity index (χ1) is 8.54. The summed E-state index contributed by atoms with van der Waals surface area (Å²) < 4.78 is 0.851. The lowest BCUT2D eigenvalue weighted by Gasteiger charge is -2.17. The lowest BCUT2D eigenvalue weighted by Crippen LogP contribution is -2.40. The Morgan fingerprint density at radius 3 is 2.94 bits per heavy atom. The highest BCUT2D eigenvalue weighted by molar-refractivity contribution is 9.10. The number of hydrogen-bond acceptors (Lipinski definition) is 3. The van der Waals surface area contributed by atoms with Gasteiger partial charge in [0.2, 0.25) is 11.8 Å². The van der Waals surface area contributed by atoms with Crippen LogP contribution in [0.25, 0.3) is 0 Å². The number of fused-ring (bicyclic) bond motifs is 1. The number of amides is 2. The molecule has 0 spiro atoms. The molecule has 2 rings (SSSR count). The summed E-state index contributed by atoms with van der Waals surface area (Å²) in [4.78, 5) is 25.0. The lowest BCUT2D eigenvalue weighted by atomic mass is 10.1. The third-order valence-electron chi connectivity index (χ3n) is 2.83. The normalized spacial score (nSPS) is 17.8. The van der Waals surface area contributed by atoms with E-state index in [4.69, 9.17) is 5.73 Å². The molecule has 0 saturated carbocycles. The second-order valence-corrected chi connectivity index (χ2v) is 4.97. The zero-order valence-electron chi connectivity index (χ0n) is 9.94. The Hall–Kier alpha value is -1.40. The Labute approximate surface area is 113 Å². The largest absolute Gasteiger partial charge is 0.355 e. The van der Waals surface area contributed by atoms with Crippen molar-refractivity contribution < 1.29 is 9.59 Å². The van der Waals surface area contributed by atoms with Gasteiger partial charge in [-0.2, -0.15) is 0 Å². The fourth-order valence-electron chi connectivity index (χ4n) is 1.99. The molecule has 0 aliphatic carbocycles. The monoisotopic (exact) mass is 311 g/mol. The third kappa shape index (κ3) is 2.26. The van der Waals surface area contributed by atoms with E-state index in [2.05, 4.69) is 21.2 Å². The number of rotatable bonds is 3.